The highest BCUT2D eigenvalue weighted by Crippen LogP contribution is 2.45. The number of carbonyl (C=O) groups excluding carboxylic acids is 3. The second kappa shape index (κ2) is 10.2. The molecule has 1 fully saturated rings. The van der Waals surface area contributed by atoms with Crippen molar-refractivity contribution in [3.63, 3.8) is 0 Å². The number of amides is 4. The highest BCUT2D eigenvalue weighted by molar-refractivity contribution is 6.24. The Hall–Kier alpha value is -5.37. The van der Waals surface area contributed by atoms with Crippen molar-refractivity contribution in [2.24, 2.45) is 0 Å². The van der Waals surface area contributed by atoms with Gasteiger partial charge in [-0.15, -0.1) is 0 Å². The summed E-state index contributed by atoms with van der Waals surface area (Å²) in [5.74, 6) is -0.00975. The third-order valence-corrected chi connectivity index (χ3v) is 8.17. The Labute approximate surface area is 242 Å². The average molecular weight is 557 g/mol. The van der Waals surface area contributed by atoms with Crippen molar-refractivity contribution >= 4 is 34.4 Å². The summed E-state index contributed by atoms with van der Waals surface area (Å²) >= 11 is 0. The zero-order valence-corrected chi connectivity index (χ0v) is 22.9. The predicted octanol–water partition coefficient (Wildman–Crippen LogP) is 5.59. The molecule has 2 aliphatic heterocycles. The molecule has 0 spiro atoms. The molecule has 0 aliphatic carbocycles. The summed E-state index contributed by atoms with van der Waals surface area (Å²) in [7, 11) is 1.61. The fraction of sp³-hybridized carbons (Fsp3) is 0.147. The first kappa shape index (κ1) is 25.6. The molecule has 3 heterocycles. The van der Waals surface area contributed by atoms with Crippen LogP contribution in [-0.4, -0.2) is 40.9 Å². The van der Waals surface area contributed by atoms with Gasteiger partial charge in [0.1, 0.15) is 17.8 Å². The number of imide groups is 1. The molecular formula is C34H28N4O4. The Balaban J connectivity index is 1.29. The molecule has 0 unspecified atom stereocenters. The Kier molecular flexibility index (Phi) is 6.23. The van der Waals surface area contributed by atoms with Crippen molar-refractivity contribution < 1.29 is 19.1 Å². The number of hydrogen-bond donors (Lipinski definition) is 2. The highest BCUT2D eigenvalue weighted by atomic mass is 16.5. The quantitative estimate of drug-likeness (QED) is 0.267. The Morgan fingerprint density at radius 2 is 1.62 bits per heavy atom. The van der Waals surface area contributed by atoms with Gasteiger partial charge in [-0.25, -0.2) is 9.69 Å². The van der Waals surface area contributed by atoms with Crippen molar-refractivity contribution in [1.29, 1.82) is 0 Å². The molecule has 5 aromatic rings. The number of methoxy groups -OCH3 is 1. The Bertz CT molecular complexity index is 1830. The molecule has 2 aliphatic rings. The van der Waals surface area contributed by atoms with E-state index in [4.69, 9.17) is 4.74 Å². The van der Waals surface area contributed by atoms with Gasteiger partial charge in [-0.1, -0.05) is 72.8 Å². The first-order valence-corrected chi connectivity index (χ1v) is 13.9. The number of carbonyl (C=O) groups is 3. The normalized spacial score (nSPS) is 17.7. The SMILES string of the molecule is COc1ccc([C@@H]2c3[nH]c4ccccc4c3C[C@H]3C(=O)N(c4ccccc4C(=O)NCc4ccccc4)C(=O)N23)cc1. The average Bonchev–Trinajstić information content (AvgIpc) is 3.53. The van der Waals surface area contributed by atoms with Crippen LogP contribution in [0.5, 0.6) is 5.75 Å². The molecule has 0 bridgehead atoms. The van der Waals surface area contributed by atoms with E-state index in [1.807, 2.05) is 78.9 Å². The summed E-state index contributed by atoms with van der Waals surface area (Å²) < 4.78 is 5.37. The van der Waals surface area contributed by atoms with E-state index >= 15 is 0 Å². The van der Waals surface area contributed by atoms with Gasteiger partial charge in [0.05, 0.1) is 18.4 Å². The van der Waals surface area contributed by atoms with Gasteiger partial charge in [0.15, 0.2) is 0 Å². The third kappa shape index (κ3) is 4.11. The molecule has 8 heteroatoms. The molecule has 2 N–H and O–H groups in total. The van der Waals surface area contributed by atoms with Crippen molar-refractivity contribution in [3.8, 4) is 5.75 Å². The molecule has 8 nitrogen and oxygen atoms in total. The number of benzene rings is 4. The van der Waals surface area contributed by atoms with Crippen LogP contribution in [0.4, 0.5) is 10.5 Å². The number of nitrogens with one attached hydrogen (secondary N) is 2. The van der Waals surface area contributed by atoms with Crippen LogP contribution in [-0.2, 0) is 17.8 Å². The van der Waals surface area contributed by atoms with Crippen molar-refractivity contribution in [2.45, 2.75) is 25.0 Å². The van der Waals surface area contributed by atoms with Crippen molar-refractivity contribution in [3.05, 3.63) is 131 Å². The smallest absolute Gasteiger partial charge is 0.332 e. The van der Waals surface area contributed by atoms with Crippen molar-refractivity contribution in [1.82, 2.24) is 15.2 Å². The lowest BCUT2D eigenvalue weighted by atomic mass is 9.89. The van der Waals surface area contributed by atoms with Gasteiger partial charge in [-0.3, -0.25) is 14.5 Å². The molecule has 208 valence electrons. The van der Waals surface area contributed by atoms with E-state index in [1.165, 1.54) is 4.90 Å². The van der Waals surface area contributed by atoms with E-state index in [9.17, 15) is 14.4 Å². The number of fused-ring (bicyclic) bond motifs is 4. The molecule has 0 radical (unpaired) electrons. The van der Waals surface area contributed by atoms with Crippen LogP contribution in [0.1, 0.15) is 38.8 Å². The maximum Gasteiger partial charge on any atom is 0.332 e. The molecule has 1 aromatic heterocycles. The van der Waals surface area contributed by atoms with Crippen LogP contribution in [0.2, 0.25) is 0 Å². The van der Waals surface area contributed by atoms with Crippen LogP contribution in [0.15, 0.2) is 103 Å². The highest BCUT2D eigenvalue weighted by Gasteiger charge is 2.53. The van der Waals surface area contributed by atoms with Gasteiger partial charge in [-0.2, -0.15) is 0 Å². The topological polar surface area (TPSA) is 94.7 Å². The number of anilines is 1. The molecular weight excluding hydrogens is 528 g/mol. The summed E-state index contributed by atoms with van der Waals surface area (Å²) in [5.41, 5.74) is 5.20. The fourth-order valence-electron chi connectivity index (χ4n) is 6.16. The third-order valence-electron chi connectivity index (χ3n) is 8.17. The number of para-hydroxylation sites is 2. The number of hydrogen-bond acceptors (Lipinski definition) is 4. The first-order chi connectivity index (χ1) is 20.5. The van der Waals surface area contributed by atoms with Crippen LogP contribution < -0.4 is 15.0 Å². The molecule has 4 amide bonds. The van der Waals surface area contributed by atoms with Crippen LogP contribution >= 0.6 is 0 Å². The van der Waals surface area contributed by atoms with E-state index in [0.717, 1.165) is 33.3 Å². The molecule has 0 saturated carbocycles. The summed E-state index contributed by atoms with van der Waals surface area (Å²) in [6, 6.07) is 30.2. The minimum atomic E-state index is -0.725. The lowest BCUT2D eigenvalue weighted by molar-refractivity contribution is -0.120. The van der Waals surface area contributed by atoms with E-state index < -0.39 is 18.1 Å². The number of rotatable bonds is 6. The fourth-order valence-corrected chi connectivity index (χ4v) is 6.16. The number of aromatic amines is 1. The standard InChI is InChI=1S/C34H28N4O4/c1-42-23-17-15-22(16-18-23)31-30-26(24-11-5-7-13-27(24)36-30)19-29-33(40)38(34(41)37(29)31)28-14-8-6-12-25(28)32(39)35-20-21-9-3-2-4-10-21/h2-18,29,31,36H,19-20H2,1H3,(H,35,39)/t29-,31+/m0/s1. The maximum absolute atomic E-state index is 14.3. The van der Waals surface area contributed by atoms with Crippen molar-refractivity contribution in [2.75, 3.05) is 12.0 Å². The first-order valence-electron chi connectivity index (χ1n) is 13.9. The van der Waals surface area contributed by atoms with E-state index in [-0.39, 0.29) is 23.1 Å². The van der Waals surface area contributed by atoms with E-state index in [2.05, 4.69) is 10.3 Å². The maximum atomic E-state index is 14.3. The van der Waals surface area contributed by atoms with Gasteiger partial charge in [0, 0.05) is 29.6 Å². The molecule has 2 atom stereocenters. The monoisotopic (exact) mass is 556 g/mol. The Morgan fingerprint density at radius 3 is 2.40 bits per heavy atom. The lowest BCUT2D eigenvalue weighted by Crippen LogP contribution is -2.44. The number of aromatic nitrogens is 1. The van der Waals surface area contributed by atoms with E-state index in [1.54, 1.807) is 36.3 Å². The molecule has 7 rings (SSSR count). The zero-order valence-electron chi connectivity index (χ0n) is 22.9. The number of urea groups is 1. The summed E-state index contributed by atoms with van der Waals surface area (Å²) in [5, 5.41) is 3.96. The van der Waals surface area contributed by atoms with Crippen LogP contribution in [0, 0.1) is 0 Å². The summed E-state index contributed by atoms with van der Waals surface area (Å²) in [4.78, 5) is 48.2. The Morgan fingerprint density at radius 1 is 0.905 bits per heavy atom. The minimum Gasteiger partial charge on any atom is -0.497 e. The zero-order chi connectivity index (χ0) is 28.8. The molecule has 4 aromatic carbocycles. The molecule has 42 heavy (non-hydrogen) atoms. The summed E-state index contributed by atoms with van der Waals surface area (Å²) in [6.45, 7) is 0.325. The van der Waals surface area contributed by atoms with Crippen LogP contribution in [0.25, 0.3) is 10.9 Å². The second-order valence-corrected chi connectivity index (χ2v) is 10.5. The number of H-pyrrole nitrogens is 1. The largest absolute Gasteiger partial charge is 0.497 e. The lowest BCUT2D eigenvalue weighted by Gasteiger charge is -2.36. The molecule has 1 saturated heterocycles. The number of nitrogens with zero attached hydrogens (tertiary/aromatic N) is 2. The van der Waals surface area contributed by atoms with Crippen LogP contribution in [0.3, 0.4) is 0 Å². The van der Waals surface area contributed by atoms with Gasteiger partial charge in [-0.05, 0) is 47.0 Å². The summed E-state index contributed by atoms with van der Waals surface area (Å²) in [6.07, 6.45) is 0.370. The second-order valence-electron chi connectivity index (χ2n) is 10.5. The minimum absolute atomic E-state index is 0.264. The number of ether oxygens (including phenoxy) is 1. The van der Waals surface area contributed by atoms with Gasteiger partial charge >= 0.3 is 6.03 Å². The van der Waals surface area contributed by atoms with E-state index in [0.29, 0.717) is 18.7 Å². The van der Waals surface area contributed by atoms with Gasteiger partial charge < -0.3 is 15.0 Å². The van der Waals surface area contributed by atoms with Gasteiger partial charge in [0.2, 0.25) is 0 Å². The predicted molar refractivity (Wildman–Crippen MR) is 159 cm³/mol. The van der Waals surface area contributed by atoms with Gasteiger partial charge in [0.25, 0.3) is 11.8 Å².